The molecular formula is C15H20O9. The summed E-state index contributed by atoms with van der Waals surface area (Å²) in [6, 6.07) is 0. The number of hydrogen-bond acceptors (Lipinski definition) is 9. The Labute approximate surface area is 138 Å². The minimum absolute atomic E-state index is 0.0255. The van der Waals surface area contributed by atoms with Gasteiger partial charge in [0.25, 0.3) is 0 Å². The van der Waals surface area contributed by atoms with Crippen LogP contribution in [0.5, 0.6) is 0 Å². The SMILES string of the molecule is C=C(COC(C)=O)C[C@H](O)[C@@H]1[C@H](OC(=O)C(=O)OC)[C@H]1C(=O)OC. The third kappa shape index (κ3) is 5.05. The number of carbonyl (C=O) groups is 4. The van der Waals surface area contributed by atoms with E-state index in [2.05, 4.69) is 16.1 Å². The van der Waals surface area contributed by atoms with E-state index < -0.39 is 47.9 Å². The van der Waals surface area contributed by atoms with Crippen LogP contribution in [0.3, 0.4) is 0 Å². The summed E-state index contributed by atoms with van der Waals surface area (Å²) in [6.45, 7) is 4.82. The predicted molar refractivity (Wildman–Crippen MR) is 77.3 cm³/mol. The topological polar surface area (TPSA) is 125 Å². The van der Waals surface area contributed by atoms with Crippen molar-refractivity contribution in [3.63, 3.8) is 0 Å². The molecule has 1 saturated carbocycles. The first kappa shape index (κ1) is 19.6. The maximum Gasteiger partial charge on any atom is 0.417 e. The van der Waals surface area contributed by atoms with Gasteiger partial charge in [-0.3, -0.25) is 9.59 Å². The lowest BCUT2D eigenvalue weighted by molar-refractivity contribution is -0.167. The van der Waals surface area contributed by atoms with Gasteiger partial charge in [0.2, 0.25) is 0 Å². The van der Waals surface area contributed by atoms with E-state index >= 15 is 0 Å². The Bertz CT molecular complexity index is 539. The van der Waals surface area contributed by atoms with Crippen molar-refractivity contribution in [3.05, 3.63) is 12.2 Å². The maximum absolute atomic E-state index is 11.7. The van der Waals surface area contributed by atoms with Crippen molar-refractivity contribution in [3.8, 4) is 0 Å². The second-order valence-electron chi connectivity index (χ2n) is 5.29. The van der Waals surface area contributed by atoms with E-state index in [9.17, 15) is 24.3 Å². The molecule has 1 rings (SSSR count). The zero-order valence-corrected chi connectivity index (χ0v) is 13.6. The predicted octanol–water partition coefficient (Wildman–Crippen LogP) is -0.639. The molecule has 1 aliphatic carbocycles. The van der Waals surface area contributed by atoms with Gasteiger partial charge in [-0.15, -0.1) is 0 Å². The second-order valence-corrected chi connectivity index (χ2v) is 5.29. The average Bonchev–Trinajstić information content (AvgIpc) is 3.24. The summed E-state index contributed by atoms with van der Waals surface area (Å²) in [5.74, 6) is -5.27. The molecule has 0 unspecified atom stereocenters. The highest BCUT2D eigenvalue weighted by Crippen LogP contribution is 2.46. The van der Waals surface area contributed by atoms with Crippen molar-refractivity contribution >= 4 is 23.9 Å². The molecule has 0 radical (unpaired) electrons. The van der Waals surface area contributed by atoms with Crippen LogP contribution in [0.1, 0.15) is 13.3 Å². The monoisotopic (exact) mass is 344 g/mol. The zero-order chi connectivity index (χ0) is 18.4. The van der Waals surface area contributed by atoms with Gasteiger partial charge in [-0.2, -0.15) is 0 Å². The molecule has 1 N–H and O–H groups in total. The van der Waals surface area contributed by atoms with Gasteiger partial charge in [0.1, 0.15) is 18.6 Å². The fraction of sp³-hybridized carbons (Fsp3) is 0.600. The average molecular weight is 344 g/mol. The third-order valence-corrected chi connectivity index (χ3v) is 3.50. The van der Waals surface area contributed by atoms with Gasteiger partial charge in [-0.1, -0.05) is 6.58 Å². The van der Waals surface area contributed by atoms with E-state index in [1.165, 1.54) is 6.92 Å². The minimum Gasteiger partial charge on any atom is -0.469 e. The standard InChI is InChI=1S/C15H20O9/c1-7(6-23-8(2)16)5-9(17)10-11(13(18)21-3)12(10)24-15(20)14(19)22-4/h9-12,17H,1,5-6H2,2-4H3/t9-,10-,11-,12-/m0/s1. The molecular weight excluding hydrogens is 324 g/mol. The van der Waals surface area contributed by atoms with E-state index in [1.54, 1.807) is 0 Å². The molecule has 0 aromatic rings. The van der Waals surface area contributed by atoms with Crippen LogP contribution in [0.2, 0.25) is 0 Å². The van der Waals surface area contributed by atoms with Crippen LogP contribution in [0.4, 0.5) is 0 Å². The number of carbonyl (C=O) groups excluding carboxylic acids is 4. The number of aliphatic hydroxyl groups is 1. The van der Waals surface area contributed by atoms with E-state index in [4.69, 9.17) is 9.47 Å². The summed E-state index contributed by atoms with van der Waals surface area (Å²) in [5.41, 5.74) is 0.422. The molecule has 134 valence electrons. The highest BCUT2D eigenvalue weighted by molar-refractivity contribution is 6.29. The fourth-order valence-electron chi connectivity index (χ4n) is 2.29. The number of aliphatic hydroxyl groups excluding tert-OH is 1. The molecule has 9 heteroatoms. The summed E-state index contributed by atoms with van der Waals surface area (Å²) in [6.07, 6.45) is -2.06. The number of ether oxygens (including phenoxy) is 4. The molecule has 9 nitrogen and oxygen atoms in total. The number of methoxy groups -OCH3 is 2. The molecule has 24 heavy (non-hydrogen) atoms. The van der Waals surface area contributed by atoms with E-state index in [0.29, 0.717) is 5.57 Å². The highest BCUT2D eigenvalue weighted by atomic mass is 16.6. The van der Waals surface area contributed by atoms with Gasteiger partial charge in [0.15, 0.2) is 0 Å². The number of hydrogen-bond donors (Lipinski definition) is 1. The molecule has 0 bridgehead atoms. The van der Waals surface area contributed by atoms with Crippen LogP contribution in [-0.4, -0.2) is 62.0 Å². The molecule has 0 aromatic heterocycles. The molecule has 0 aliphatic heterocycles. The number of rotatable bonds is 7. The van der Waals surface area contributed by atoms with Crippen LogP contribution in [-0.2, 0) is 38.1 Å². The van der Waals surface area contributed by atoms with Crippen LogP contribution in [0, 0.1) is 11.8 Å². The zero-order valence-electron chi connectivity index (χ0n) is 13.6. The third-order valence-electron chi connectivity index (χ3n) is 3.50. The summed E-state index contributed by atoms with van der Waals surface area (Å²) >= 11 is 0. The van der Waals surface area contributed by atoms with Crippen molar-refractivity contribution in [2.24, 2.45) is 11.8 Å². The van der Waals surface area contributed by atoms with E-state index in [0.717, 1.165) is 14.2 Å². The lowest BCUT2D eigenvalue weighted by Gasteiger charge is -2.12. The molecule has 0 heterocycles. The van der Waals surface area contributed by atoms with E-state index in [-0.39, 0.29) is 13.0 Å². The normalized spacial score (nSPS) is 22.8. The van der Waals surface area contributed by atoms with Gasteiger partial charge in [-0.25, -0.2) is 9.59 Å². The van der Waals surface area contributed by atoms with Crippen molar-refractivity contribution < 1.29 is 43.2 Å². The molecule has 0 saturated heterocycles. The number of esters is 4. The van der Waals surface area contributed by atoms with Gasteiger partial charge in [-0.05, 0) is 12.0 Å². The molecule has 0 spiro atoms. The Morgan fingerprint density at radius 1 is 1.12 bits per heavy atom. The molecule has 1 fully saturated rings. The Hall–Kier alpha value is -2.42. The Morgan fingerprint density at radius 3 is 2.25 bits per heavy atom. The van der Waals surface area contributed by atoms with Gasteiger partial charge >= 0.3 is 23.9 Å². The quantitative estimate of drug-likeness (QED) is 0.278. The first-order valence-corrected chi connectivity index (χ1v) is 7.07. The molecule has 0 aromatic carbocycles. The van der Waals surface area contributed by atoms with Gasteiger partial charge < -0.3 is 24.1 Å². The summed E-state index contributed by atoms with van der Waals surface area (Å²) in [7, 11) is 2.17. The highest BCUT2D eigenvalue weighted by Gasteiger charge is 2.62. The minimum atomic E-state index is -1.26. The van der Waals surface area contributed by atoms with E-state index in [1.807, 2.05) is 0 Å². The Balaban J connectivity index is 2.66. The van der Waals surface area contributed by atoms with Crippen LogP contribution in [0.25, 0.3) is 0 Å². The van der Waals surface area contributed by atoms with Crippen LogP contribution in [0.15, 0.2) is 12.2 Å². The lowest BCUT2D eigenvalue weighted by atomic mass is 10.1. The van der Waals surface area contributed by atoms with Crippen molar-refractivity contribution in [1.82, 2.24) is 0 Å². The molecule has 1 aliphatic rings. The van der Waals surface area contributed by atoms with Crippen molar-refractivity contribution in [2.75, 3.05) is 20.8 Å². The van der Waals surface area contributed by atoms with Gasteiger partial charge in [0, 0.05) is 12.8 Å². The maximum atomic E-state index is 11.7. The molecule has 0 amide bonds. The van der Waals surface area contributed by atoms with Crippen LogP contribution >= 0.6 is 0 Å². The fourth-order valence-corrected chi connectivity index (χ4v) is 2.29. The molecule has 4 atom stereocenters. The van der Waals surface area contributed by atoms with Crippen LogP contribution < -0.4 is 0 Å². The lowest BCUT2D eigenvalue weighted by Crippen LogP contribution is -2.22. The first-order chi connectivity index (χ1) is 11.2. The summed E-state index contributed by atoms with van der Waals surface area (Å²) in [5, 5.41) is 10.2. The van der Waals surface area contributed by atoms with Crippen molar-refractivity contribution in [2.45, 2.75) is 25.6 Å². The largest absolute Gasteiger partial charge is 0.469 e. The second kappa shape index (κ2) is 8.44. The van der Waals surface area contributed by atoms with Gasteiger partial charge in [0.05, 0.1) is 20.3 Å². The smallest absolute Gasteiger partial charge is 0.417 e. The first-order valence-electron chi connectivity index (χ1n) is 7.07. The Kier molecular flexibility index (Phi) is 6.90. The Morgan fingerprint density at radius 2 is 1.75 bits per heavy atom. The summed E-state index contributed by atoms with van der Waals surface area (Å²) < 4.78 is 18.4. The summed E-state index contributed by atoms with van der Waals surface area (Å²) in [4.78, 5) is 45.0. The van der Waals surface area contributed by atoms with Crippen molar-refractivity contribution in [1.29, 1.82) is 0 Å².